The van der Waals surface area contributed by atoms with Gasteiger partial charge in [-0.1, -0.05) is 0 Å². The van der Waals surface area contributed by atoms with Crippen LogP contribution in [0.5, 0.6) is 0 Å². The van der Waals surface area contributed by atoms with Crippen LogP contribution in [0, 0.1) is 5.41 Å². The number of hydrogen-bond donors (Lipinski definition) is 3. The van der Waals surface area contributed by atoms with Gasteiger partial charge in [0.25, 0.3) is 0 Å². The molecule has 0 aliphatic rings. The SMILES string of the molecule is CC(C)OC(=O)C(CCC(=O)C=N)NC(=O)CN. The van der Waals surface area contributed by atoms with E-state index in [0.29, 0.717) is 6.21 Å². The van der Waals surface area contributed by atoms with Crippen LogP contribution < -0.4 is 11.1 Å². The summed E-state index contributed by atoms with van der Waals surface area (Å²) in [5.41, 5.74) is 5.14. The number of esters is 1. The molecule has 0 spiro atoms. The van der Waals surface area contributed by atoms with E-state index in [1.165, 1.54) is 0 Å². The summed E-state index contributed by atoms with van der Waals surface area (Å²) in [4.78, 5) is 33.8. The maximum absolute atomic E-state index is 11.7. The van der Waals surface area contributed by atoms with Crippen molar-refractivity contribution in [3.63, 3.8) is 0 Å². The van der Waals surface area contributed by atoms with E-state index in [1.807, 2.05) is 0 Å². The average molecular weight is 257 g/mol. The van der Waals surface area contributed by atoms with Crippen LogP contribution in [0.25, 0.3) is 0 Å². The van der Waals surface area contributed by atoms with Crippen LogP contribution in [0.4, 0.5) is 0 Å². The van der Waals surface area contributed by atoms with Crippen molar-refractivity contribution in [2.24, 2.45) is 5.73 Å². The van der Waals surface area contributed by atoms with E-state index in [4.69, 9.17) is 15.9 Å². The predicted octanol–water partition coefficient (Wildman–Crippen LogP) is -0.620. The molecule has 4 N–H and O–H groups in total. The lowest BCUT2D eigenvalue weighted by molar-refractivity contribution is -0.151. The van der Waals surface area contributed by atoms with Crippen LogP contribution in [-0.2, 0) is 19.1 Å². The van der Waals surface area contributed by atoms with Crippen molar-refractivity contribution in [3.05, 3.63) is 0 Å². The Kier molecular flexibility index (Phi) is 7.53. The molecule has 0 heterocycles. The van der Waals surface area contributed by atoms with E-state index in [2.05, 4.69) is 5.32 Å². The van der Waals surface area contributed by atoms with Gasteiger partial charge in [-0.2, -0.15) is 0 Å². The van der Waals surface area contributed by atoms with E-state index < -0.39 is 23.7 Å². The number of nitrogens with two attached hydrogens (primary N) is 1. The monoisotopic (exact) mass is 257 g/mol. The predicted molar refractivity (Wildman–Crippen MR) is 65.2 cm³/mol. The fraction of sp³-hybridized carbons (Fsp3) is 0.636. The highest BCUT2D eigenvalue weighted by Gasteiger charge is 2.23. The highest BCUT2D eigenvalue weighted by molar-refractivity contribution is 6.26. The smallest absolute Gasteiger partial charge is 0.328 e. The first-order valence-corrected chi connectivity index (χ1v) is 5.64. The Morgan fingerprint density at radius 2 is 2.00 bits per heavy atom. The Balaban J connectivity index is 4.50. The third kappa shape index (κ3) is 6.74. The van der Waals surface area contributed by atoms with Crippen LogP contribution in [0.15, 0.2) is 0 Å². The third-order valence-corrected chi connectivity index (χ3v) is 2.00. The fourth-order valence-electron chi connectivity index (χ4n) is 1.18. The maximum atomic E-state index is 11.7. The first kappa shape index (κ1) is 16.2. The molecular formula is C11H19N3O4. The standard InChI is InChI=1S/C11H19N3O4/c1-7(2)18-11(17)9(14-10(16)6-13)4-3-8(15)5-12/h5,7,9,12H,3-4,6,13H2,1-2H3,(H,14,16). The molecule has 0 saturated heterocycles. The molecule has 18 heavy (non-hydrogen) atoms. The van der Waals surface area contributed by atoms with E-state index in [-0.39, 0.29) is 25.5 Å². The van der Waals surface area contributed by atoms with E-state index in [9.17, 15) is 14.4 Å². The highest BCUT2D eigenvalue weighted by atomic mass is 16.5. The molecule has 1 unspecified atom stereocenters. The summed E-state index contributed by atoms with van der Waals surface area (Å²) >= 11 is 0. The summed E-state index contributed by atoms with van der Waals surface area (Å²) in [5, 5.41) is 9.14. The minimum atomic E-state index is -0.910. The molecule has 0 aromatic rings. The van der Waals surface area contributed by atoms with Gasteiger partial charge in [0.15, 0.2) is 5.78 Å². The summed E-state index contributed by atoms with van der Waals surface area (Å²) in [6.07, 6.45) is 0.445. The Labute approximate surface area is 106 Å². The Morgan fingerprint density at radius 1 is 1.39 bits per heavy atom. The van der Waals surface area contributed by atoms with Gasteiger partial charge in [0.1, 0.15) is 6.04 Å². The largest absolute Gasteiger partial charge is 0.461 e. The van der Waals surface area contributed by atoms with Crippen molar-refractivity contribution in [2.45, 2.75) is 38.8 Å². The number of amides is 1. The Morgan fingerprint density at radius 3 is 2.44 bits per heavy atom. The number of ether oxygens (including phenoxy) is 1. The molecule has 0 saturated carbocycles. The molecule has 1 atom stereocenters. The summed E-state index contributed by atoms with van der Waals surface area (Å²) in [6.45, 7) is 3.12. The molecule has 0 aromatic heterocycles. The van der Waals surface area contributed by atoms with Gasteiger partial charge in [-0.15, -0.1) is 0 Å². The molecule has 0 radical (unpaired) electrons. The van der Waals surface area contributed by atoms with Crippen LogP contribution >= 0.6 is 0 Å². The minimum Gasteiger partial charge on any atom is -0.461 e. The summed E-state index contributed by atoms with van der Waals surface area (Å²) in [6, 6.07) is -0.910. The second kappa shape index (κ2) is 8.35. The average Bonchev–Trinajstić information content (AvgIpc) is 2.32. The lowest BCUT2D eigenvalue weighted by Gasteiger charge is -2.18. The zero-order valence-electron chi connectivity index (χ0n) is 10.6. The number of rotatable bonds is 8. The van der Waals surface area contributed by atoms with Gasteiger partial charge < -0.3 is 21.2 Å². The molecule has 1 amide bonds. The van der Waals surface area contributed by atoms with Crippen LogP contribution in [0.1, 0.15) is 26.7 Å². The zero-order chi connectivity index (χ0) is 14.1. The van der Waals surface area contributed by atoms with Crippen molar-refractivity contribution in [2.75, 3.05) is 6.54 Å². The number of ketones is 1. The molecule has 0 fully saturated rings. The van der Waals surface area contributed by atoms with Gasteiger partial charge in [-0.3, -0.25) is 9.59 Å². The second-order valence-corrected chi connectivity index (χ2v) is 3.96. The topological polar surface area (TPSA) is 122 Å². The molecule has 7 nitrogen and oxygen atoms in total. The van der Waals surface area contributed by atoms with Crippen molar-refractivity contribution in [1.82, 2.24) is 5.32 Å². The Hall–Kier alpha value is -1.76. The van der Waals surface area contributed by atoms with Crippen molar-refractivity contribution < 1.29 is 19.1 Å². The van der Waals surface area contributed by atoms with E-state index in [1.54, 1.807) is 13.8 Å². The molecule has 7 heteroatoms. The van der Waals surface area contributed by atoms with Crippen LogP contribution in [0.3, 0.4) is 0 Å². The molecule has 0 aliphatic heterocycles. The summed E-state index contributed by atoms with van der Waals surface area (Å²) in [7, 11) is 0. The summed E-state index contributed by atoms with van der Waals surface area (Å²) < 4.78 is 4.96. The molecular weight excluding hydrogens is 238 g/mol. The molecule has 0 aromatic carbocycles. The first-order chi connectivity index (χ1) is 8.40. The first-order valence-electron chi connectivity index (χ1n) is 5.64. The zero-order valence-corrected chi connectivity index (χ0v) is 10.6. The Bertz CT molecular complexity index is 328. The normalized spacial score (nSPS) is 11.8. The van der Waals surface area contributed by atoms with Gasteiger partial charge in [0.2, 0.25) is 5.91 Å². The number of nitrogens with one attached hydrogen (secondary N) is 2. The van der Waals surface area contributed by atoms with Gasteiger partial charge >= 0.3 is 5.97 Å². The lowest BCUT2D eigenvalue weighted by Crippen LogP contribution is -2.45. The highest BCUT2D eigenvalue weighted by Crippen LogP contribution is 2.03. The lowest BCUT2D eigenvalue weighted by atomic mass is 10.1. The van der Waals surface area contributed by atoms with Crippen LogP contribution in [0.2, 0.25) is 0 Å². The summed E-state index contributed by atoms with van der Waals surface area (Å²) in [5.74, 6) is -1.52. The molecule has 0 bridgehead atoms. The number of carbonyl (C=O) groups is 3. The third-order valence-electron chi connectivity index (χ3n) is 2.00. The molecule has 102 valence electrons. The maximum Gasteiger partial charge on any atom is 0.328 e. The molecule has 0 aliphatic carbocycles. The minimum absolute atomic E-state index is 0.00772. The van der Waals surface area contributed by atoms with Crippen molar-refractivity contribution in [3.8, 4) is 0 Å². The van der Waals surface area contributed by atoms with Crippen molar-refractivity contribution in [1.29, 1.82) is 5.41 Å². The quantitative estimate of drug-likeness (QED) is 0.395. The number of carbonyl (C=O) groups excluding carboxylic acids is 3. The van der Waals surface area contributed by atoms with Crippen molar-refractivity contribution >= 4 is 23.9 Å². The van der Waals surface area contributed by atoms with E-state index in [0.717, 1.165) is 0 Å². The fourth-order valence-corrected chi connectivity index (χ4v) is 1.18. The van der Waals surface area contributed by atoms with Gasteiger partial charge in [0.05, 0.1) is 18.9 Å². The number of Topliss-reactive ketones (excluding diaryl/α,β-unsaturated/α-hetero) is 1. The number of hydrogen-bond acceptors (Lipinski definition) is 6. The molecule has 0 rings (SSSR count). The van der Waals surface area contributed by atoms with Gasteiger partial charge in [0, 0.05) is 6.42 Å². The van der Waals surface area contributed by atoms with Crippen LogP contribution in [-0.4, -0.2) is 42.6 Å². The van der Waals surface area contributed by atoms with Gasteiger partial charge in [-0.05, 0) is 20.3 Å². The van der Waals surface area contributed by atoms with Gasteiger partial charge in [-0.25, -0.2) is 4.79 Å². The second-order valence-electron chi connectivity index (χ2n) is 3.96. The van der Waals surface area contributed by atoms with E-state index >= 15 is 0 Å².